The molecule has 0 aromatic heterocycles. The normalized spacial score (nSPS) is 14.8. The quantitative estimate of drug-likeness (QED) is 0.722. The Kier molecular flexibility index (Phi) is 6.65. The van der Waals surface area contributed by atoms with Crippen molar-refractivity contribution < 1.29 is 9.84 Å². The van der Waals surface area contributed by atoms with Gasteiger partial charge in [-0.1, -0.05) is 26.8 Å². The predicted octanol–water partition coefficient (Wildman–Crippen LogP) is 2.35. The van der Waals surface area contributed by atoms with E-state index in [2.05, 4.69) is 38.2 Å². The lowest BCUT2D eigenvalue weighted by atomic mass is 9.84. The SMILES string of the molecule is CCOc1ccc(C(C)(C)C)cc1C(O)C(CCN)NC. The molecular weight excluding hydrogens is 264 g/mol. The molecule has 0 aliphatic heterocycles. The lowest BCUT2D eigenvalue weighted by molar-refractivity contribution is 0.124. The summed E-state index contributed by atoms with van der Waals surface area (Å²) in [5.74, 6) is 0.746. The maximum Gasteiger partial charge on any atom is 0.125 e. The number of hydrogen-bond acceptors (Lipinski definition) is 4. The molecule has 0 saturated carbocycles. The van der Waals surface area contributed by atoms with Gasteiger partial charge in [0.2, 0.25) is 0 Å². The number of benzene rings is 1. The van der Waals surface area contributed by atoms with Crippen molar-refractivity contribution in [3.05, 3.63) is 29.3 Å². The van der Waals surface area contributed by atoms with E-state index in [-0.39, 0.29) is 11.5 Å². The molecule has 0 fully saturated rings. The molecule has 1 aromatic carbocycles. The Labute approximate surface area is 128 Å². The third kappa shape index (κ3) is 4.70. The van der Waals surface area contributed by atoms with E-state index in [1.54, 1.807) is 0 Å². The molecule has 0 spiro atoms. The fourth-order valence-electron chi connectivity index (χ4n) is 2.39. The zero-order valence-corrected chi connectivity index (χ0v) is 13.9. The van der Waals surface area contributed by atoms with Gasteiger partial charge in [0, 0.05) is 11.6 Å². The first-order chi connectivity index (χ1) is 9.85. The van der Waals surface area contributed by atoms with Crippen LogP contribution in [0.2, 0.25) is 0 Å². The molecule has 0 saturated heterocycles. The molecule has 4 N–H and O–H groups in total. The lowest BCUT2D eigenvalue weighted by Gasteiger charge is -2.27. The zero-order chi connectivity index (χ0) is 16.0. The van der Waals surface area contributed by atoms with Crippen LogP contribution in [0, 0.1) is 0 Å². The van der Waals surface area contributed by atoms with Crippen molar-refractivity contribution >= 4 is 0 Å². The van der Waals surface area contributed by atoms with Crippen LogP contribution in [0.25, 0.3) is 0 Å². The Hall–Kier alpha value is -1.10. The van der Waals surface area contributed by atoms with Crippen molar-refractivity contribution in [2.75, 3.05) is 20.2 Å². The molecule has 2 unspecified atom stereocenters. The minimum atomic E-state index is -0.637. The number of likely N-dealkylation sites (N-methyl/N-ethyl adjacent to an activating group) is 1. The molecule has 120 valence electrons. The summed E-state index contributed by atoms with van der Waals surface area (Å²) in [4.78, 5) is 0. The summed E-state index contributed by atoms with van der Waals surface area (Å²) in [6.07, 6.45) is 0.0746. The van der Waals surface area contributed by atoms with Gasteiger partial charge in [0.15, 0.2) is 0 Å². The van der Waals surface area contributed by atoms with Gasteiger partial charge in [-0.15, -0.1) is 0 Å². The van der Waals surface area contributed by atoms with Crippen LogP contribution in [0.1, 0.15) is 51.3 Å². The van der Waals surface area contributed by atoms with E-state index >= 15 is 0 Å². The smallest absolute Gasteiger partial charge is 0.125 e. The fraction of sp³-hybridized carbons (Fsp3) is 0.647. The zero-order valence-electron chi connectivity index (χ0n) is 13.9. The van der Waals surface area contributed by atoms with Gasteiger partial charge in [-0.05, 0) is 50.0 Å². The largest absolute Gasteiger partial charge is 0.493 e. The molecule has 2 atom stereocenters. The highest BCUT2D eigenvalue weighted by Crippen LogP contribution is 2.33. The second-order valence-electron chi connectivity index (χ2n) is 6.35. The Morgan fingerprint density at radius 1 is 1.33 bits per heavy atom. The van der Waals surface area contributed by atoms with Crippen molar-refractivity contribution in [2.45, 2.75) is 51.7 Å². The second-order valence-corrected chi connectivity index (χ2v) is 6.35. The van der Waals surface area contributed by atoms with Crippen LogP contribution >= 0.6 is 0 Å². The van der Waals surface area contributed by atoms with Gasteiger partial charge < -0.3 is 20.9 Å². The van der Waals surface area contributed by atoms with Crippen molar-refractivity contribution in [3.63, 3.8) is 0 Å². The summed E-state index contributed by atoms with van der Waals surface area (Å²) in [5.41, 5.74) is 7.68. The molecule has 21 heavy (non-hydrogen) atoms. The van der Waals surface area contributed by atoms with Crippen LogP contribution in [0.5, 0.6) is 5.75 Å². The van der Waals surface area contributed by atoms with Crippen molar-refractivity contribution in [2.24, 2.45) is 5.73 Å². The number of hydrogen-bond donors (Lipinski definition) is 3. The fourth-order valence-corrected chi connectivity index (χ4v) is 2.39. The van der Waals surface area contributed by atoms with Crippen molar-refractivity contribution in [1.82, 2.24) is 5.32 Å². The highest BCUT2D eigenvalue weighted by atomic mass is 16.5. The maximum atomic E-state index is 10.7. The molecule has 0 aliphatic carbocycles. The third-order valence-corrected chi connectivity index (χ3v) is 3.72. The molecule has 0 heterocycles. The Morgan fingerprint density at radius 3 is 2.48 bits per heavy atom. The summed E-state index contributed by atoms with van der Waals surface area (Å²) in [5, 5.41) is 13.9. The van der Waals surface area contributed by atoms with Gasteiger partial charge in [0.1, 0.15) is 5.75 Å². The van der Waals surface area contributed by atoms with Gasteiger partial charge >= 0.3 is 0 Å². The average Bonchev–Trinajstić information content (AvgIpc) is 2.43. The summed E-state index contributed by atoms with van der Waals surface area (Å²) in [7, 11) is 1.84. The predicted molar refractivity (Wildman–Crippen MR) is 87.8 cm³/mol. The molecule has 4 heteroatoms. The Balaban J connectivity index is 3.21. The highest BCUT2D eigenvalue weighted by Gasteiger charge is 2.24. The van der Waals surface area contributed by atoms with E-state index in [0.29, 0.717) is 19.6 Å². The molecular formula is C17H30N2O2. The Morgan fingerprint density at radius 2 is 2.00 bits per heavy atom. The minimum absolute atomic E-state index is 0.0300. The molecule has 1 rings (SSSR count). The standard InChI is InChI=1S/C17H30N2O2/c1-6-21-15-8-7-12(17(2,3)4)11-13(15)16(20)14(19-5)9-10-18/h7-8,11,14,16,19-20H,6,9-10,18H2,1-5H3. The first kappa shape index (κ1) is 18.0. The molecule has 1 aromatic rings. The van der Waals surface area contributed by atoms with Crippen LogP contribution in [0.4, 0.5) is 0 Å². The van der Waals surface area contributed by atoms with E-state index in [4.69, 9.17) is 10.5 Å². The summed E-state index contributed by atoms with van der Waals surface area (Å²) in [6, 6.07) is 6.00. The lowest BCUT2D eigenvalue weighted by Crippen LogP contribution is -2.34. The van der Waals surface area contributed by atoms with Gasteiger partial charge in [-0.25, -0.2) is 0 Å². The summed E-state index contributed by atoms with van der Waals surface area (Å²) in [6.45, 7) is 9.54. The number of nitrogens with two attached hydrogens (primary N) is 1. The number of rotatable bonds is 7. The average molecular weight is 294 g/mol. The number of aliphatic hydroxyl groups excluding tert-OH is 1. The molecule has 4 nitrogen and oxygen atoms in total. The molecule has 0 amide bonds. The number of aliphatic hydroxyl groups is 1. The van der Waals surface area contributed by atoms with Crippen LogP contribution < -0.4 is 15.8 Å². The van der Waals surface area contributed by atoms with Gasteiger partial charge in [-0.3, -0.25) is 0 Å². The van der Waals surface area contributed by atoms with Gasteiger partial charge in [-0.2, -0.15) is 0 Å². The van der Waals surface area contributed by atoms with E-state index in [9.17, 15) is 5.11 Å². The van der Waals surface area contributed by atoms with Crippen LogP contribution in [-0.2, 0) is 5.41 Å². The van der Waals surface area contributed by atoms with Gasteiger partial charge in [0.25, 0.3) is 0 Å². The first-order valence-corrected chi connectivity index (χ1v) is 7.67. The van der Waals surface area contributed by atoms with Gasteiger partial charge in [0.05, 0.1) is 12.7 Å². The Bertz CT molecular complexity index is 441. The molecule has 0 aliphatic rings. The van der Waals surface area contributed by atoms with Crippen LogP contribution in [0.15, 0.2) is 18.2 Å². The topological polar surface area (TPSA) is 67.5 Å². The van der Waals surface area contributed by atoms with E-state index in [0.717, 1.165) is 11.3 Å². The monoisotopic (exact) mass is 294 g/mol. The van der Waals surface area contributed by atoms with E-state index in [1.165, 1.54) is 5.56 Å². The summed E-state index contributed by atoms with van der Waals surface area (Å²) >= 11 is 0. The van der Waals surface area contributed by atoms with Crippen molar-refractivity contribution in [1.29, 1.82) is 0 Å². The first-order valence-electron chi connectivity index (χ1n) is 7.67. The maximum absolute atomic E-state index is 10.7. The molecule has 0 bridgehead atoms. The second kappa shape index (κ2) is 7.78. The summed E-state index contributed by atoms with van der Waals surface area (Å²) < 4.78 is 5.68. The van der Waals surface area contributed by atoms with Crippen molar-refractivity contribution in [3.8, 4) is 5.75 Å². The highest BCUT2D eigenvalue weighted by molar-refractivity contribution is 5.41. The third-order valence-electron chi connectivity index (χ3n) is 3.72. The van der Waals surface area contributed by atoms with E-state index in [1.807, 2.05) is 20.0 Å². The van der Waals surface area contributed by atoms with Crippen LogP contribution in [0.3, 0.4) is 0 Å². The molecule has 0 radical (unpaired) electrons. The number of nitrogens with one attached hydrogen (secondary N) is 1. The van der Waals surface area contributed by atoms with Crippen LogP contribution in [-0.4, -0.2) is 31.3 Å². The van der Waals surface area contributed by atoms with E-state index < -0.39 is 6.10 Å². The number of ether oxygens (including phenoxy) is 1. The minimum Gasteiger partial charge on any atom is -0.493 e.